The van der Waals surface area contributed by atoms with Crippen molar-refractivity contribution < 1.29 is 19.5 Å². The number of carboxylic acids is 1. The van der Waals surface area contributed by atoms with Crippen LogP contribution < -0.4 is 0 Å². The van der Waals surface area contributed by atoms with Crippen LogP contribution in [0, 0.1) is 0 Å². The SMILES string of the molecule is C=C(C)CN(C)C(=O)C1CC(C(=O)O)=NO1. The van der Waals surface area contributed by atoms with Crippen LogP contribution in [0.1, 0.15) is 13.3 Å². The minimum Gasteiger partial charge on any atom is -0.477 e. The molecule has 1 N–H and O–H groups in total. The van der Waals surface area contributed by atoms with Crippen molar-refractivity contribution in [2.75, 3.05) is 13.6 Å². The van der Waals surface area contributed by atoms with E-state index in [1.165, 1.54) is 4.90 Å². The lowest BCUT2D eigenvalue weighted by molar-refractivity contribution is -0.140. The van der Waals surface area contributed by atoms with Crippen molar-refractivity contribution in [2.45, 2.75) is 19.4 Å². The maximum Gasteiger partial charge on any atom is 0.353 e. The second-order valence-corrected chi connectivity index (χ2v) is 3.79. The number of oxime groups is 1. The number of hydrogen-bond donors (Lipinski definition) is 1. The van der Waals surface area contributed by atoms with Crippen LogP contribution in [0.4, 0.5) is 0 Å². The number of carbonyl (C=O) groups excluding carboxylic acids is 1. The Morgan fingerprint density at radius 2 is 2.31 bits per heavy atom. The number of carboxylic acid groups (broad SMARTS) is 1. The van der Waals surface area contributed by atoms with E-state index in [2.05, 4.69) is 11.7 Å². The van der Waals surface area contributed by atoms with E-state index >= 15 is 0 Å². The minimum absolute atomic E-state index is 0.00863. The average molecular weight is 226 g/mol. The van der Waals surface area contributed by atoms with E-state index in [0.717, 1.165) is 5.57 Å². The first kappa shape index (κ1) is 12.2. The van der Waals surface area contributed by atoms with Gasteiger partial charge in [0.05, 0.1) is 0 Å². The summed E-state index contributed by atoms with van der Waals surface area (Å²) in [4.78, 5) is 28.5. The Hall–Kier alpha value is -1.85. The Kier molecular flexibility index (Phi) is 3.65. The fraction of sp³-hybridized carbons (Fsp3) is 0.500. The third-order valence-electron chi connectivity index (χ3n) is 2.07. The van der Waals surface area contributed by atoms with E-state index in [-0.39, 0.29) is 18.0 Å². The topological polar surface area (TPSA) is 79.2 Å². The molecule has 1 heterocycles. The highest BCUT2D eigenvalue weighted by Crippen LogP contribution is 2.13. The number of nitrogens with zero attached hydrogens (tertiary/aromatic N) is 2. The summed E-state index contributed by atoms with van der Waals surface area (Å²) in [6.07, 6.45) is -0.815. The smallest absolute Gasteiger partial charge is 0.353 e. The summed E-state index contributed by atoms with van der Waals surface area (Å²) >= 11 is 0. The molecule has 0 saturated heterocycles. The highest BCUT2D eigenvalue weighted by Gasteiger charge is 2.33. The van der Waals surface area contributed by atoms with Crippen LogP contribution >= 0.6 is 0 Å². The Bertz CT molecular complexity index is 362. The van der Waals surface area contributed by atoms with Crippen LogP contribution in [0.15, 0.2) is 17.3 Å². The Morgan fingerprint density at radius 3 is 2.75 bits per heavy atom. The summed E-state index contributed by atoms with van der Waals surface area (Å²) < 4.78 is 0. The molecule has 0 saturated carbocycles. The van der Waals surface area contributed by atoms with Crippen LogP contribution in [0.5, 0.6) is 0 Å². The van der Waals surface area contributed by atoms with Crippen LogP contribution in [0.2, 0.25) is 0 Å². The standard InChI is InChI=1S/C10H14N2O4/c1-6(2)5-12(3)9(13)8-4-7(10(14)15)11-16-8/h8H,1,4-5H2,2-3H3,(H,14,15). The third kappa shape index (κ3) is 2.82. The van der Waals surface area contributed by atoms with E-state index in [1.807, 2.05) is 0 Å². The van der Waals surface area contributed by atoms with Gasteiger partial charge in [0.2, 0.25) is 6.10 Å². The molecule has 0 aromatic rings. The molecule has 1 rings (SSSR count). The van der Waals surface area contributed by atoms with E-state index < -0.39 is 12.1 Å². The predicted molar refractivity (Wildman–Crippen MR) is 57.0 cm³/mol. The molecule has 0 aromatic heterocycles. The van der Waals surface area contributed by atoms with Crippen LogP contribution in [-0.4, -0.2) is 47.3 Å². The Morgan fingerprint density at radius 1 is 1.69 bits per heavy atom. The average Bonchev–Trinajstić information content (AvgIpc) is 2.64. The molecule has 1 aliphatic rings. The number of rotatable bonds is 4. The summed E-state index contributed by atoms with van der Waals surface area (Å²) in [6, 6.07) is 0. The van der Waals surface area contributed by atoms with Gasteiger partial charge < -0.3 is 14.8 Å². The van der Waals surface area contributed by atoms with Gasteiger partial charge >= 0.3 is 5.97 Å². The second-order valence-electron chi connectivity index (χ2n) is 3.79. The lowest BCUT2D eigenvalue weighted by Crippen LogP contribution is -2.37. The van der Waals surface area contributed by atoms with Gasteiger partial charge in [-0.15, -0.1) is 0 Å². The van der Waals surface area contributed by atoms with Crippen molar-refractivity contribution in [1.29, 1.82) is 0 Å². The zero-order valence-electron chi connectivity index (χ0n) is 9.27. The number of carbonyl (C=O) groups is 2. The second kappa shape index (κ2) is 4.78. The molecule has 1 aliphatic heterocycles. The zero-order valence-corrected chi connectivity index (χ0v) is 9.27. The van der Waals surface area contributed by atoms with Gasteiger partial charge in [-0.05, 0) is 6.92 Å². The molecule has 6 nitrogen and oxygen atoms in total. The number of amides is 1. The third-order valence-corrected chi connectivity index (χ3v) is 2.07. The zero-order chi connectivity index (χ0) is 12.3. The van der Waals surface area contributed by atoms with Crippen LogP contribution in [0.25, 0.3) is 0 Å². The largest absolute Gasteiger partial charge is 0.477 e. The molecular weight excluding hydrogens is 212 g/mol. The molecule has 0 bridgehead atoms. The molecule has 1 amide bonds. The normalized spacial score (nSPS) is 18.6. The summed E-state index contributed by atoms with van der Waals surface area (Å²) in [5.41, 5.74) is 0.718. The van der Waals surface area contributed by atoms with Crippen molar-refractivity contribution in [1.82, 2.24) is 4.90 Å². The van der Waals surface area contributed by atoms with Crippen molar-refractivity contribution in [3.63, 3.8) is 0 Å². The summed E-state index contributed by atoms with van der Waals surface area (Å²) in [7, 11) is 1.61. The molecule has 1 unspecified atom stereocenters. The fourth-order valence-corrected chi connectivity index (χ4v) is 1.36. The van der Waals surface area contributed by atoms with Gasteiger partial charge in [-0.3, -0.25) is 4.79 Å². The molecule has 0 aliphatic carbocycles. The van der Waals surface area contributed by atoms with Gasteiger partial charge in [0.1, 0.15) is 0 Å². The summed E-state index contributed by atoms with van der Waals surface area (Å²) in [5, 5.41) is 12.0. The molecular formula is C10H14N2O4. The van der Waals surface area contributed by atoms with Crippen LogP contribution in [0.3, 0.4) is 0 Å². The van der Waals surface area contributed by atoms with Gasteiger partial charge in [0, 0.05) is 20.0 Å². The van der Waals surface area contributed by atoms with Gasteiger partial charge in [-0.25, -0.2) is 4.79 Å². The molecule has 6 heteroatoms. The molecule has 0 radical (unpaired) electrons. The van der Waals surface area contributed by atoms with Gasteiger partial charge in [-0.1, -0.05) is 17.3 Å². The lowest BCUT2D eigenvalue weighted by Gasteiger charge is -2.19. The van der Waals surface area contributed by atoms with E-state index in [4.69, 9.17) is 9.94 Å². The first-order valence-corrected chi connectivity index (χ1v) is 4.77. The molecule has 0 fully saturated rings. The predicted octanol–water partition coefficient (Wildman–Crippen LogP) is 0.250. The van der Waals surface area contributed by atoms with Gasteiger partial charge in [-0.2, -0.15) is 0 Å². The maximum absolute atomic E-state index is 11.7. The van der Waals surface area contributed by atoms with E-state index in [1.54, 1.807) is 14.0 Å². The quantitative estimate of drug-likeness (QED) is 0.697. The molecule has 1 atom stereocenters. The molecule has 0 spiro atoms. The van der Waals surface area contributed by atoms with E-state index in [0.29, 0.717) is 6.54 Å². The molecule has 16 heavy (non-hydrogen) atoms. The first-order valence-electron chi connectivity index (χ1n) is 4.77. The van der Waals surface area contributed by atoms with Crippen molar-refractivity contribution >= 4 is 17.6 Å². The van der Waals surface area contributed by atoms with Gasteiger partial charge in [0.15, 0.2) is 5.71 Å². The minimum atomic E-state index is -1.15. The van der Waals surface area contributed by atoms with Gasteiger partial charge in [0.25, 0.3) is 5.91 Å². The monoisotopic (exact) mass is 226 g/mol. The highest BCUT2D eigenvalue weighted by molar-refractivity contribution is 6.36. The number of likely N-dealkylation sites (N-methyl/N-ethyl adjacent to an activating group) is 1. The number of hydrogen-bond acceptors (Lipinski definition) is 4. The summed E-state index contributed by atoms with van der Waals surface area (Å²) in [5.74, 6) is -1.44. The Labute approximate surface area is 93.2 Å². The highest BCUT2D eigenvalue weighted by atomic mass is 16.6. The van der Waals surface area contributed by atoms with E-state index in [9.17, 15) is 9.59 Å². The number of aliphatic carboxylic acids is 1. The van der Waals surface area contributed by atoms with Crippen LogP contribution in [-0.2, 0) is 14.4 Å². The van der Waals surface area contributed by atoms with Crippen molar-refractivity contribution in [3.05, 3.63) is 12.2 Å². The van der Waals surface area contributed by atoms with Crippen molar-refractivity contribution in [3.8, 4) is 0 Å². The summed E-state index contributed by atoms with van der Waals surface area (Å²) in [6.45, 7) is 5.91. The van der Waals surface area contributed by atoms with Crippen molar-refractivity contribution in [2.24, 2.45) is 5.16 Å². The Balaban J connectivity index is 2.53. The maximum atomic E-state index is 11.7. The fourth-order valence-electron chi connectivity index (χ4n) is 1.36. The lowest BCUT2D eigenvalue weighted by atomic mass is 10.1. The molecule has 0 aromatic carbocycles. The molecule has 88 valence electrons. The first-order chi connectivity index (χ1) is 7.41.